The van der Waals surface area contributed by atoms with E-state index in [0.29, 0.717) is 24.2 Å². The first-order valence-corrected chi connectivity index (χ1v) is 12.2. The lowest BCUT2D eigenvalue weighted by atomic mass is 9.88. The van der Waals surface area contributed by atoms with Gasteiger partial charge in [-0.2, -0.15) is 9.97 Å². The van der Waals surface area contributed by atoms with Gasteiger partial charge in [-0.25, -0.2) is 8.78 Å². The highest BCUT2D eigenvalue weighted by molar-refractivity contribution is 9.10. The lowest BCUT2D eigenvalue weighted by Gasteiger charge is -2.37. The Morgan fingerprint density at radius 3 is 2.77 bits per heavy atom. The van der Waals surface area contributed by atoms with E-state index < -0.39 is 12.0 Å². The van der Waals surface area contributed by atoms with E-state index in [1.54, 1.807) is 6.07 Å². The van der Waals surface area contributed by atoms with Crippen molar-refractivity contribution in [1.29, 1.82) is 0 Å². The molecule has 3 aliphatic heterocycles. The van der Waals surface area contributed by atoms with Crippen LogP contribution in [0.25, 0.3) is 10.9 Å². The summed E-state index contributed by atoms with van der Waals surface area (Å²) in [7, 11) is 0. The van der Waals surface area contributed by atoms with E-state index in [1.807, 2.05) is 6.92 Å². The Bertz CT molecular complexity index is 1010. The summed E-state index contributed by atoms with van der Waals surface area (Å²) < 4.78 is 35.8. The summed E-state index contributed by atoms with van der Waals surface area (Å²) in [5, 5.41) is 0.868. The first-order valence-electron chi connectivity index (χ1n) is 11.0. The first kappa shape index (κ1) is 21.6. The number of benzene rings is 1. The van der Waals surface area contributed by atoms with Crippen LogP contribution in [0.3, 0.4) is 0 Å². The maximum atomic E-state index is 15.1. The predicted octanol–water partition coefficient (Wildman–Crippen LogP) is 5.52. The molecule has 0 bridgehead atoms. The third-order valence-corrected chi connectivity index (χ3v) is 8.44. The zero-order valence-electron chi connectivity index (χ0n) is 17.5. The number of alkyl halides is 1. The van der Waals surface area contributed by atoms with E-state index in [4.69, 9.17) is 21.3 Å². The summed E-state index contributed by atoms with van der Waals surface area (Å²) in [6.45, 7) is 4.98. The normalized spacial score (nSPS) is 27.6. The number of hydrogen-bond donors (Lipinski definition) is 0. The number of aromatic nitrogens is 2. The lowest BCUT2D eigenvalue weighted by molar-refractivity contribution is 0.0402. The fraction of sp³-hybridized carbons (Fsp3) is 0.636. The number of hydrogen-bond acceptors (Lipinski definition) is 5. The summed E-state index contributed by atoms with van der Waals surface area (Å²) in [6.07, 6.45) is 4.50. The molecule has 1 aromatic heterocycles. The monoisotopic (exact) mass is 514 g/mol. The summed E-state index contributed by atoms with van der Waals surface area (Å²) in [6, 6.07) is 1.85. The highest BCUT2D eigenvalue weighted by atomic mass is 79.9. The minimum absolute atomic E-state index is 0.136. The van der Waals surface area contributed by atoms with E-state index >= 15 is 4.39 Å². The van der Waals surface area contributed by atoms with Crippen LogP contribution < -0.4 is 9.64 Å². The van der Waals surface area contributed by atoms with Crippen LogP contribution in [0.5, 0.6) is 6.01 Å². The number of nitrogens with zero attached hydrogens (tertiary/aromatic N) is 4. The molecule has 0 saturated carbocycles. The minimum Gasteiger partial charge on any atom is -0.458 e. The van der Waals surface area contributed by atoms with Gasteiger partial charge in [-0.15, -0.1) is 0 Å². The molecular formula is C22H26BrClF2N4O. The van der Waals surface area contributed by atoms with Gasteiger partial charge in [0.2, 0.25) is 0 Å². The van der Waals surface area contributed by atoms with Crippen molar-refractivity contribution in [3.05, 3.63) is 21.4 Å². The number of fused-ring (bicyclic) bond motifs is 2. The smallest absolute Gasteiger partial charge is 0.319 e. The molecule has 0 N–H and O–H groups in total. The van der Waals surface area contributed by atoms with Crippen LogP contribution in [0, 0.1) is 5.82 Å². The Morgan fingerprint density at radius 2 is 2.00 bits per heavy atom. The van der Waals surface area contributed by atoms with E-state index in [-0.39, 0.29) is 32.7 Å². The average Bonchev–Trinajstić information content (AvgIpc) is 3.30. The van der Waals surface area contributed by atoms with Gasteiger partial charge in [-0.1, -0.05) is 11.6 Å². The second-order valence-electron chi connectivity index (χ2n) is 8.97. The van der Waals surface area contributed by atoms with E-state index in [9.17, 15) is 4.39 Å². The van der Waals surface area contributed by atoms with Gasteiger partial charge in [-0.3, -0.25) is 4.90 Å². The molecule has 3 aliphatic rings. The molecule has 0 unspecified atom stereocenters. The maximum Gasteiger partial charge on any atom is 0.319 e. The molecule has 1 aromatic carbocycles. The van der Waals surface area contributed by atoms with Crippen molar-refractivity contribution < 1.29 is 13.5 Å². The van der Waals surface area contributed by atoms with E-state index in [0.717, 1.165) is 45.3 Å². The predicted molar refractivity (Wildman–Crippen MR) is 121 cm³/mol. The van der Waals surface area contributed by atoms with Gasteiger partial charge in [-0.05, 0) is 67.6 Å². The van der Waals surface area contributed by atoms with Crippen molar-refractivity contribution in [2.75, 3.05) is 31.1 Å². The number of piperidine rings is 1. The second kappa shape index (κ2) is 8.27. The second-order valence-corrected chi connectivity index (χ2v) is 10.2. The number of anilines is 1. The van der Waals surface area contributed by atoms with Gasteiger partial charge in [0.05, 0.1) is 15.0 Å². The standard InChI is InChI=1S/C22H26BrClF2N4O/c1-13(22-6-5-9-30(22)12-14(25)11-22)31-21-27-19-15(10-16(24)17(23)18(19)26)20(28-21)29-7-3-2-4-8-29/h10,13-14H,2-9,11-12H2,1H3/t13-,14+,22-/m0/s1. The van der Waals surface area contributed by atoms with Crippen LogP contribution in [-0.4, -0.2) is 58.9 Å². The molecular weight excluding hydrogens is 490 g/mol. The van der Waals surface area contributed by atoms with Crippen LogP contribution in [-0.2, 0) is 0 Å². The van der Waals surface area contributed by atoms with Crippen LogP contribution in [0.2, 0.25) is 5.02 Å². The third kappa shape index (κ3) is 3.68. The van der Waals surface area contributed by atoms with Gasteiger partial charge in [0.1, 0.15) is 23.6 Å². The zero-order valence-corrected chi connectivity index (χ0v) is 19.9. The number of halogens is 4. The van der Waals surface area contributed by atoms with Crippen molar-refractivity contribution in [3.8, 4) is 6.01 Å². The molecule has 5 rings (SSSR count). The minimum atomic E-state index is -0.844. The van der Waals surface area contributed by atoms with Gasteiger partial charge in [0, 0.05) is 31.4 Å². The van der Waals surface area contributed by atoms with Crippen LogP contribution in [0.15, 0.2) is 10.5 Å². The largest absolute Gasteiger partial charge is 0.458 e. The molecule has 0 spiro atoms. The Balaban J connectivity index is 1.55. The molecule has 3 atom stereocenters. The van der Waals surface area contributed by atoms with Crippen LogP contribution in [0.4, 0.5) is 14.6 Å². The van der Waals surface area contributed by atoms with Crippen molar-refractivity contribution >= 4 is 44.3 Å². The SMILES string of the molecule is C[C@H](Oc1nc(N2CCCCC2)c2cc(Cl)c(Br)c(F)c2n1)[C@@]12CCCN1C[C@H](F)C2. The van der Waals surface area contributed by atoms with Crippen molar-refractivity contribution in [1.82, 2.24) is 14.9 Å². The quantitative estimate of drug-likeness (QED) is 0.502. The molecule has 0 amide bonds. The Hall–Kier alpha value is -1.25. The van der Waals surface area contributed by atoms with E-state index in [1.165, 1.54) is 6.42 Å². The van der Waals surface area contributed by atoms with E-state index in [2.05, 4.69) is 30.7 Å². The molecule has 9 heteroatoms. The summed E-state index contributed by atoms with van der Waals surface area (Å²) in [5.41, 5.74) is -0.160. The fourth-order valence-corrected chi connectivity index (χ4v) is 6.07. The van der Waals surface area contributed by atoms with Crippen molar-refractivity contribution in [2.24, 2.45) is 0 Å². The summed E-state index contributed by atoms with van der Waals surface area (Å²) >= 11 is 9.48. The first-order chi connectivity index (χ1) is 14.9. The Morgan fingerprint density at radius 1 is 1.23 bits per heavy atom. The Kier molecular flexibility index (Phi) is 5.76. The highest BCUT2D eigenvalue weighted by Gasteiger charge is 2.53. The zero-order chi connectivity index (χ0) is 21.8. The van der Waals surface area contributed by atoms with Gasteiger partial charge >= 0.3 is 6.01 Å². The highest BCUT2D eigenvalue weighted by Crippen LogP contribution is 2.44. The number of rotatable bonds is 4. The Labute approximate surface area is 194 Å². The molecule has 4 heterocycles. The van der Waals surface area contributed by atoms with Crippen LogP contribution >= 0.6 is 27.5 Å². The lowest BCUT2D eigenvalue weighted by Crippen LogP contribution is -2.50. The number of ether oxygens (including phenoxy) is 1. The molecule has 168 valence electrons. The molecule has 31 heavy (non-hydrogen) atoms. The van der Waals surface area contributed by atoms with Crippen molar-refractivity contribution in [2.45, 2.75) is 63.3 Å². The maximum absolute atomic E-state index is 15.1. The molecule has 3 saturated heterocycles. The van der Waals surface area contributed by atoms with Gasteiger partial charge in [0.15, 0.2) is 5.82 Å². The molecule has 0 radical (unpaired) electrons. The van der Waals surface area contributed by atoms with Gasteiger partial charge in [0.25, 0.3) is 0 Å². The molecule has 2 aromatic rings. The topological polar surface area (TPSA) is 41.5 Å². The van der Waals surface area contributed by atoms with Crippen molar-refractivity contribution in [3.63, 3.8) is 0 Å². The third-order valence-electron chi connectivity index (χ3n) is 7.14. The summed E-state index contributed by atoms with van der Waals surface area (Å²) in [4.78, 5) is 13.5. The molecule has 0 aliphatic carbocycles. The molecule has 3 fully saturated rings. The average molecular weight is 516 g/mol. The van der Waals surface area contributed by atoms with Gasteiger partial charge < -0.3 is 9.64 Å². The fourth-order valence-electron chi connectivity index (χ4n) is 5.58. The molecule has 5 nitrogen and oxygen atoms in total. The summed E-state index contributed by atoms with van der Waals surface area (Å²) in [5.74, 6) is 0.127. The van der Waals surface area contributed by atoms with Crippen LogP contribution in [0.1, 0.15) is 45.4 Å².